The van der Waals surface area contributed by atoms with Crippen LogP contribution < -0.4 is 10.6 Å². The van der Waals surface area contributed by atoms with E-state index in [-0.39, 0.29) is 0 Å². The van der Waals surface area contributed by atoms with Gasteiger partial charge in [-0.25, -0.2) is 0 Å². The van der Waals surface area contributed by atoms with Gasteiger partial charge in [0.2, 0.25) is 0 Å². The normalized spacial score (nSPS) is 20.6. The van der Waals surface area contributed by atoms with Crippen molar-refractivity contribution < 1.29 is 0 Å². The number of piperazine rings is 1. The monoisotopic (exact) mass is 297 g/mol. The molecule has 19 heavy (non-hydrogen) atoms. The van der Waals surface area contributed by atoms with Crippen LogP contribution in [0, 0.1) is 0 Å². The van der Waals surface area contributed by atoms with Crippen LogP contribution in [-0.4, -0.2) is 42.1 Å². The molecule has 2 N–H and O–H groups in total. The Morgan fingerprint density at radius 3 is 2.79 bits per heavy atom. The van der Waals surface area contributed by atoms with Gasteiger partial charge < -0.3 is 10.6 Å². The third kappa shape index (κ3) is 3.19. The Morgan fingerprint density at radius 2 is 2.21 bits per heavy atom. The van der Waals surface area contributed by atoms with Crippen molar-refractivity contribution in [3.63, 3.8) is 0 Å². The summed E-state index contributed by atoms with van der Waals surface area (Å²) in [4.78, 5) is 5.23. The average molecular weight is 298 g/mol. The summed E-state index contributed by atoms with van der Waals surface area (Å²) in [6.45, 7) is 8.55. The lowest BCUT2D eigenvalue weighted by Gasteiger charge is -2.41. The zero-order chi connectivity index (χ0) is 14.0. The van der Waals surface area contributed by atoms with E-state index < -0.39 is 0 Å². The van der Waals surface area contributed by atoms with E-state index in [4.69, 9.17) is 29.6 Å². The average Bonchev–Trinajstić information content (AvgIpc) is 2.38. The summed E-state index contributed by atoms with van der Waals surface area (Å²) in [6, 6.07) is 6.24. The Labute approximate surface area is 125 Å². The molecule has 0 radical (unpaired) electrons. The predicted molar refractivity (Wildman–Crippen MR) is 86.3 cm³/mol. The highest BCUT2D eigenvalue weighted by Gasteiger charge is 2.24. The number of halogens is 1. The SMILES string of the molecule is CCN1CCN(c2cc(Cl)ccc2C(N)=S)CC1C. The summed E-state index contributed by atoms with van der Waals surface area (Å²) in [5.41, 5.74) is 7.78. The van der Waals surface area contributed by atoms with Crippen LogP contribution in [0.1, 0.15) is 19.4 Å². The standard InChI is InChI=1S/C14H20ClN3S/c1-3-17-6-7-18(9-10(17)2)13-8-11(15)4-5-12(13)14(16)19/h4-5,8,10H,3,6-7,9H2,1-2H3,(H2,16,19). The Morgan fingerprint density at radius 1 is 1.47 bits per heavy atom. The second kappa shape index (κ2) is 6.07. The fourth-order valence-corrected chi connectivity index (χ4v) is 3.00. The number of hydrogen-bond acceptors (Lipinski definition) is 3. The highest BCUT2D eigenvalue weighted by Crippen LogP contribution is 2.27. The molecule has 1 heterocycles. The van der Waals surface area contributed by atoms with Crippen molar-refractivity contribution in [1.82, 2.24) is 4.90 Å². The lowest BCUT2D eigenvalue weighted by atomic mass is 10.1. The Balaban J connectivity index is 2.27. The highest BCUT2D eigenvalue weighted by atomic mass is 35.5. The first-order valence-corrected chi connectivity index (χ1v) is 7.40. The summed E-state index contributed by atoms with van der Waals surface area (Å²) in [7, 11) is 0. The summed E-state index contributed by atoms with van der Waals surface area (Å²) >= 11 is 11.2. The summed E-state index contributed by atoms with van der Waals surface area (Å²) < 4.78 is 0. The predicted octanol–water partition coefficient (Wildman–Crippen LogP) is 2.50. The molecule has 0 bridgehead atoms. The van der Waals surface area contributed by atoms with Gasteiger partial charge in [-0.1, -0.05) is 30.7 Å². The van der Waals surface area contributed by atoms with Crippen molar-refractivity contribution in [3.8, 4) is 0 Å². The smallest absolute Gasteiger partial charge is 0.106 e. The molecule has 104 valence electrons. The van der Waals surface area contributed by atoms with Crippen LogP contribution in [0.15, 0.2) is 18.2 Å². The number of rotatable bonds is 3. The molecular formula is C14H20ClN3S. The fraction of sp³-hybridized carbons (Fsp3) is 0.500. The van der Waals surface area contributed by atoms with Gasteiger partial charge in [-0.15, -0.1) is 0 Å². The maximum absolute atomic E-state index is 6.11. The van der Waals surface area contributed by atoms with Crippen molar-refractivity contribution in [2.24, 2.45) is 5.73 Å². The van der Waals surface area contributed by atoms with E-state index in [1.54, 1.807) is 0 Å². The van der Waals surface area contributed by atoms with E-state index >= 15 is 0 Å². The number of thiocarbonyl (C=S) groups is 1. The largest absolute Gasteiger partial charge is 0.389 e. The second-order valence-corrected chi connectivity index (χ2v) is 5.83. The van der Waals surface area contributed by atoms with Crippen LogP contribution in [-0.2, 0) is 0 Å². The van der Waals surface area contributed by atoms with Gasteiger partial charge in [-0.05, 0) is 31.7 Å². The number of hydrogen-bond donors (Lipinski definition) is 1. The number of nitrogens with zero attached hydrogens (tertiary/aromatic N) is 2. The second-order valence-electron chi connectivity index (χ2n) is 4.95. The molecule has 0 aliphatic carbocycles. The zero-order valence-electron chi connectivity index (χ0n) is 11.4. The zero-order valence-corrected chi connectivity index (χ0v) is 13.0. The molecule has 2 rings (SSSR count). The van der Waals surface area contributed by atoms with Crippen molar-refractivity contribution in [3.05, 3.63) is 28.8 Å². The van der Waals surface area contributed by atoms with Gasteiger partial charge in [-0.2, -0.15) is 0 Å². The van der Waals surface area contributed by atoms with Crippen LogP contribution >= 0.6 is 23.8 Å². The van der Waals surface area contributed by atoms with E-state index in [1.807, 2.05) is 18.2 Å². The molecule has 1 aromatic rings. The van der Waals surface area contributed by atoms with Gasteiger partial charge in [0.15, 0.2) is 0 Å². The van der Waals surface area contributed by atoms with E-state index in [0.29, 0.717) is 11.0 Å². The molecule has 1 saturated heterocycles. The topological polar surface area (TPSA) is 32.5 Å². The molecule has 1 fully saturated rings. The lowest BCUT2D eigenvalue weighted by molar-refractivity contribution is 0.199. The molecule has 1 atom stereocenters. The van der Waals surface area contributed by atoms with Gasteiger partial charge in [0.25, 0.3) is 0 Å². The summed E-state index contributed by atoms with van der Waals surface area (Å²) in [5.74, 6) is 0. The number of nitrogens with two attached hydrogens (primary N) is 1. The fourth-order valence-electron chi connectivity index (χ4n) is 2.66. The summed E-state index contributed by atoms with van der Waals surface area (Å²) in [5, 5.41) is 0.723. The molecule has 5 heteroatoms. The van der Waals surface area contributed by atoms with E-state index in [2.05, 4.69) is 23.6 Å². The maximum atomic E-state index is 6.11. The van der Waals surface area contributed by atoms with E-state index in [9.17, 15) is 0 Å². The lowest BCUT2D eigenvalue weighted by Crippen LogP contribution is -2.52. The Hall–Kier alpha value is -0.840. The first-order chi connectivity index (χ1) is 9.02. The minimum atomic E-state index is 0.428. The molecule has 0 amide bonds. The molecule has 0 spiro atoms. The van der Waals surface area contributed by atoms with Crippen LogP contribution in [0.5, 0.6) is 0 Å². The van der Waals surface area contributed by atoms with Gasteiger partial charge in [0.1, 0.15) is 4.99 Å². The molecule has 1 aliphatic heterocycles. The molecule has 1 aromatic carbocycles. The van der Waals surface area contributed by atoms with Crippen molar-refractivity contribution in [2.45, 2.75) is 19.9 Å². The molecular weight excluding hydrogens is 278 g/mol. The first kappa shape index (κ1) is 14.6. The van der Waals surface area contributed by atoms with Crippen LogP contribution in [0.25, 0.3) is 0 Å². The van der Waals surface area contributed by atoms with Crippen molar-refractivity contribution >= 4 is 34.5 Å². The third-order valence-electron chi connectivity index (χ3n) is 3.74. The number of anilines is 1. The quantitative estimate of drug-likeness (QED) is 0.869. The van der Waals surface area contributed by atoms with Crippen LogP contribution in [0.2, 0.25) is 5.02 Å². The number of benzene rings is 1. The minimum absolute atomic E-state index is 0.428. The van der Waals surface area contributed by atoms with Crippen LogP contribution in [0.3, 0.4) is 0 Å². The molecule has 3 nitrogen and oxygen atoms in total. The third-order valence-corrected chi connectivity index (χ3v) is 4.19. The maximum Gasteiger partial charge on any atom is 0.106 e. The highest BCUT2D eigenvalue weighted by molar-refractivity contribution is 7.80. The summed E-state index contributed by atoms with van der Waals surface area (Å²) in [6.07, 6.45) is 0. The van der Waals surface area contributed by atoms with Crippen molar-refractivity contribution in [2.75, 3.05) is 31.1 Å². The van der Waals surface area contributed by atoms with Gasteiger partial charge >= 0.3 is 0 Å². The molecule has 0 saturated carbocycles. The molecule has 1 unspecified atom stereocenters. The minimum Gasteiger partial charge on any atom is -0.389 e. The molecule has 1 aliphatic rings. The first-order valence-electron chi connectivity index (χ1n) is 6.61. The van der Waals surface area contributed by atoms with Gasteiger partial charge in [0.05, 0.1) is 0 Å². The van der Waals surface area contributed by atoms with Crippen LogP contribution in [0.4, 0.5) is 5.69 Å². The Kier molecular flexibility index (Phi) is 4.66. The van der Waals surface area contributed by atoms with E-state index in [0.717, 1.165) is 42.5 Å². The molecule has 0 aromatic heterocycles. The number of likely N-dealkylation sites (N-methyl/N-ethyl adjacent to an activating group) is 1. The van der Waals surface area contributed by atoms with Gasteiger partial charge in [-0.3, -0.25) is 4.90 Å². The Bertz CT molecular complexity index is 478. The van der Waals surface area contributed by atoms with Gasteiger partial charge in [0, 0.05) is 41.9 Å². The van der Waals surface area contributed by atoms with Crippen molar-refractivity contribution in [1.29, 1.82) is 0 Å². The van der Waals surface area contributed by atoms with E-state index in [1.165, 1.54) is 0 Å².